The molecule has 0 aromatic heterocycles. The van der Waals surface area contributed by atoms with Crippen LogP contribution in [0.25, 0.3) is 0 Å². The first kappa shape index (κ1) is 18.9. The summed E-state index contributed by atoms with van der Waals surface area (Å²) in [6.45, 7) is 6.39. The van der Waals surface area contributed by atoms with Gasteiger partial charge >= 0.3 is 5.97 Å². The van der Waals surface area contributed by atoms with Crippen LogP contribution in [0.5, 0.6) is 0 Å². The highest BCUT2D eigenvalue weighted by atomic mass is 16.7. The molecule has 4 nitrogen and oxygen atoms in total. The summed E-state index contributed by atoms with van der Waals surface area (Å²) in [5, 5.41) is 0. The van der Waals surface area contributed by atoms with Gasteiger partial charge in [0.05, 0.1) is 18.8 Å². The maximum absolute atomic E-state index is 12.0. The first-order valence-electron chi connectivity index (χ1n) is 9.12. The molecule has 0 spiro atoms. The van der Waals surface area contributed by atoms with Gasteiger partial charge in [0.2, 0.25) is 0 Å². The second kappa shape index (κ2) is 10.5. The van der Waals surface area contributed by atoms with Gasteiger partial charge in [0.15, 0.2) is 6.29 Å². The number of hydrogen-bond acceptors (Lipinski definition) is 4. The first-order chi connectivity index (χ1) is 11.7. The lowest BCUT2D eigenvalue weighted by molar-refractivity contribution is -0.164. The Labute approximate surface area is 145 Å². The van der Waals surface area contributed by atoms with Crippen LogP contribution in [0.2, 0.25) is 0 Å². The summed E-state index contributed by atoms with van der Waals surface area (Å²) in [6, 6.07) is 9.14. The van der Waals surface area contributed by atoms with E-state index in [4.69, 9.17) is 14.2 Å². The van der Waals surface area contributed by atoms with Crippen LogP contribution in [0.15, 0.2) is 30.3 Å². The summed E-state index contributed by atoms with van der Waals surface area (Å²) in [5.41, 5.74) is 0.608. The van der Waals surface area contributed by atoms with Crippen molar-refractivity contribution in [2.45, 2.75) is 52.2 Å². The lowest BCUT2D eigenvalue weighted by atomic mass is 9.90. The second-order valence-electron chi connectivity index (χ2n) is 6.75. The van der Waals surface area contributed by atoms with Gasteiger partial charge in [-0.2, -0.15) is 0 Å². The minimum Gasteiger partial charge on any atom is -0.462 e. The topological polar surface area (TPSA) is 44.8 Å². The fourth-order valence-corrected chi connectivity index (χ4v) is 2.97. The van der Waals surface area contributed by atoms with Crippen LogP contribution >= 0.6 is 0 Å². The molecule has 24 heavy (non-hydrogen) atoms. The summed E-state index contributed by atoms with van der Waals surface area (Å²) in [5.74, 6) is 0.776. The van der Waals surface area contributed by atoms with E-state index in [9.17, 15) is 4.79 Å². The fourth-order valence-electron chi connectivity index (χ4n) is 2.97. The minimum atomic E-state index is -0.245. The zero-order valence-corrected chi connectivity index (χ0v) is 14.9. The van der Waals surface area contributed by atoms with Crippen LogP contribution in [0.1, 0.15) is 56.3 Å². The molecule has 134 valence electrons. The molecule has 0 amide bonds. The van der Waals surface area contributed by atoms with E-state index < -0.39 is 0 Å². The Hall–Kier alpha value is -1.39. The van der Waals surface area contributed by atoms with E-state index in [1.165, 1.54) is 6.42 Å². The lowest BCUT2D eigenvalue weighted by Gasteiger charge is -2.25. The smallest absolute Gasteiger partial charge is 0.338 e. The van der Waals surface area contributed by atoms with Gasteiger partial charge in [-0.05, 0) is 56.1 Å². The molecule has 1 aliphatic heterocycles. The van der Waals surface area contributed by atoms with Crippen LogP contribution in [0.3, 0.4) is 0 Å². The Morgan fingerprint density at radius 2 is 1.92 bits per heavy atom. The van der Waals surface area contributed by atoms with Crippen molar-refractivity contribution < 1.29 is 19.0 Å². The fraction of sp³-hybridized carbons (Fsp3) is 0.650. The SMILES string of the molecule is CC(C)C(CCOC(=O)c1ccccc1)CCOC1CCCCO1. The molecule has 1 saturated heterocycles. The number of ether oxygens (including phenoxy) is 3. The molecule has 0 bridgehead atoms. The standard InChI is InChI=1S/C20H30O4/c1-16(2)17(11-14-23-19-10-6-7-13-22-19)12-15-24-20(21)18-8-4-3-5-9-18/h3-5,8-9,16-17,19H,6-7,10-15H2,1-2H3. The summed E-state index contributed by atoms with van der Waals surface area (Å²) in [7, 11) is 0. The summed E-state index contributed by atoms with van der Waals surface area (Å²) in [6.07, 6.45) is 5.14. The van der Waals surface area contributed by atoms with Gasteiger partial charge in [-0.25, -0.2) is 4.79 Å². The van der Waals surface area contributed by atoms with E-state index >= 15 is 0 Å². The van der Waals surface area contributed by atoms with E-state index in [0.717, 1.165) is 32.3 Å². The number of esters is 1. The van der Waals surface area contributed by atoms with Crippen LogP contribution in [0, 0.1) is 11.8 Å². The van der Waals surface area contributed by atoms with Crippen LogP contribution in [-0.2, 0) is 14.2 Å². The van der Waals surface area contributed by atoms with Gasteiger partial charge in [0, 0.05) is 6.61 Å². The third-order valence-corrected chi connectivity index (χ3v) is 4.60. The minimum absolute atomic E-state index is 0.0255. The van der Waals surface area contributed by atoms with E-state index in [-0.39, 0.29) is 12.3 Å². The molecule has 2 unspecified atom stereocenters. The summed E-state index contributed by atoms with van der Waals surface area (Å²) < 4.78 is 16.8. The van der Waals surface area contributed by atoms with Gasteiger partial charge in [-0.15, -0.1) is 0 Å². The predicted octanol–water partition coefficient (Wildman–Crippen LogP) is 4.44. The number of benzene rings is 1. The Morgan fingerprint density at radius 3 is 2.58 bits per heavy atom. The number of carbonyl (C=O) groups excluding carboxylic acids is 1. The molecule has 0 saturated carbocycles. The molecule has 2 rings (SSSR count). The molecule has 1 aromatic carbocycles. The largest absolute Gasteiger partial charge is 0.462 e. The van der Waals surface area contributed by atoms with Crippen molar-refractivity contribution in [1.29, 1.82) is 0 Å². The monoisotopic (exact) mass is 334 g/mol. The highest BCUT2D eigenvalue weighted by molar-refractivity contribution is 5.89. The summed E-state index contributed by atoms with van der Waals surface area (Å²) in [4.78, 5) is 12.0. The van der Waals surface area contributed by atoms with E-state index in [1.807, 2.05) is 18.2 Å². The van der Waals surface area contributed by atoms with Crippen LogP contribution in [-0.4, -0.2) is 32.1 Å². The normalized spacial score (nSPS) is 19.2. The van der Waals surface area contributed by atoms with Crippen molar-refractivity contribution in [2.24, 2.45) is 11.8 Å². The van der Waals surface area contributed by atoms with Crippen LogP contribution < -0.4 is 0 Å². The molecule has 1 fully saturated rings. The molecular weight excluding hydrogens is 304 g/mol. The number of hydrogen-bond donors (Lipinski definition) is 0. The Morgan fingerprint density at radius 1 is 1.17 bits per heavy atom. The number of rotatable bonds is 9. The molecule has 0 radical (unpaired) electrons. The molecule has 2 atom stereocenters. The average Bonchev–Trinajstić information content (AvgIpc) is 2.61. The van der Waals surface area contributed by atoms with Crippen molar-refractivity contribution in [3.05, 3.63) is 35.9 Å². The lowest BCUT2D eigenvalue weighted by Crippen LogP contribution is -2.24. The van der Waals surface area contributed by atoms with Gasteiger partial charge in [0.1, 0.15) is 0 Å². The average molecular weight is 334 g/mol. The second-order valence-corrected chi connectivity index (χ2v) is 6.75. The highest BCUT2D eigenvalue weighted by Crippen LogP contribution is 2.21. The molecule has 1 heterocycles. The van der Waals surface area contributed by atoms with E-state index in [0.29, 0.717) is 30.6 Å². The van der Waals surface area contributed by atoms with Crippen molar-refractivity contribution >= 4 is 5.97 Å². The zero-order chi connectivity index (χ0) is 17.2. The molecule has 1 aliphatic rings. The zero-order valence-electron chi connectivity index (χ0n) is 14.9. The number of carbonyl (C=O) groups is 1. The maximum atomic E-state index is 12.0. The summed E-state index contributed by atoms with van der Waals surface area (Å²) >= 11 is 0. The quantitative estimate of drug-likeness (QED) is 0.626. The Balaban J connectivity index is 1.66. The van der Waals surface area contributed by atoms with Crippen molar-refractivity contribution in [3.8, 4) is 0 Å². The van der Waals surface area contributed by atoms with Gasteiger partial charge in [0.25, 0.3) is 0 Å². The van der Waals surface area contributed by atoms with Crippen LogP contribution in [0.4, 0.5) is 0 Å². The van der Waals surface area contributed by atoms with Crippen molar-refractivity contribution in [1.82, 2.24) is 0 Å². The predicted molar refractivity (Wildman–Crippen MR) is 93.8 cm³/mol. The molecule has 1 aromatic rings. The van der Waals surface area contributed by atoms with Gasteiger partial charge in [-0.1, -0.05) is 32.0 Å². The maximum Gasteiger partial charge on any atom is 0.338 e. The third kappa shape index (κ3) is 6.62. The Kier molecular flexibility index (Phi) is 8.26. The molecule has 0 aliphatic carbocycles. The van der Waals surface area contributed by atoms with E-state index in [2.05, 4.69) is 13.8 Å². The van der Waals surface area contributed by atoms with Gasteiger partial charge < -0.3 is 14.2 Å². The Bertz CT molecular complexity index is 466. The molecule has 0 N–H and O–H groups in total. The van der Waals surface area contributed by atoms with E-state index in [1.54, 1.807) is 12.1 Å². The third-order valence-electron chi connectivity index (χ3n) is 4.60. The van der Waals surface area contributed by atoms with Crippen molar-refractivity contribution in [2.75, 3.05) is 19.8 Å². The van der Waals surface area contributed by atoms with Crippen molar-refractivity contribution in [3.63, 3.8) is 0 Å². The molecular formula is C20H30O4. The molecule has 4 heteroatoms. The first-order valence-corrected chi connectivity index (χ1v) is 9.12. The highest BCUT2D eigenvalue weighted by Gasteiger charge is 2.18. The van der Waals surface area contributed by atoms with Gasteiger partial charge in [-0.3, -0.25) is 0 Å².